The zero-order valence-electron chi connectivity index (χ0n) is 9.76. The molecule has 3 nitrogen and oxygen atoms in total. The summed E-state index contributed by atoms with van der Waals surface area (Å²) in [5.41, 5.74) is -1.04. The van der Waals surface area contributed by atoms with Crippen molar-refractivity contribution in [3.63, 3.8) is 0 Å². The minimum atomic E-state index is -0.918. The minimum Gasteiger partial charge on any atom is -0.394 e. The van der Waals surface area contributed by atoms with Gasteiger partial charge in [0.1, 0.15) is 11.6 Å². The summed E-state index contributed by atoms with van der Waals surface area (Å²) in [7, 11) is 0. The third-order valence-corrected chi connectivity index (χ3v) is 2.72. The average molecular weight is 243 g/mol. The van der Waals surface area contributed by atoms with Gasteiger partial charge < -0.3 is 10.4 Å². The normalized spacial score (nSPS) is 14.2. The molecule has 1 amide bonds. The van der Waals surface area contributed by atoms with Crippen LogP contribution in [0.2, 0.25) is 0 Å². The molecule has 2 N–H and O–H groups in total. The van der Waals surface area contributed by atoms with Crippen molar-refractivity contribution in [2.75, 3.05) is 6.61 Å². The predicted molar refractivity (Wildman–Crippen MR) is 59.6 cm³/mol. The van der Waals surface area contributed by atoms with Gasteiger partial charge in [0.05, 0.1) is 17.7 Å². The van der Waals surface area contributed by atoms with E-state index in [9.17, 15) is 13.6 Å². The largest absolute Gasteiger partial charge is 0.394 e. The maximum absolute atomic E-state index is 13.3. The number of carbonyl (C=O) groups excluding carboxylic acids is 1. The molecule has 0 heterocycles. The van der Waals surface area contributed by atoms with Crippen LogP contribution in [0.15, 0.2) is 18.2 Å². The van der Waals surface area contributed by atoms with Gasteiger partial charge in [-0.05, 0) is 25.5 Å². The number of rotatable bonds is 4. The fraction of sp³-hybridized carbons (Fsp3) is 0.417. The minimum absolute atomic E-state index is 0.237. The molecule has 0 saturated carbocycles. The standard InChI is InChI=1S/C12H15F2NO2/c1-3-12(2,7-16)15-11(17)9-5-4-8(13)6-10(9)14/h4-6,16H,3,7H2,1-2H3,(H,15,17). The lowest BCUT2D eigenvalue weighted by Gasteiger charge is -2.27. The third kappa shape index (κ3) is 3.23. The molecule has 0 aliphatic heterocycles. The van der Waals surface area contributed by atoms with Gasteiger partial charge in [-0.1, -0.05) is 6.92 Å². The van der Waals surface area contributed by atoms with Crippen molar-refractivity contribution >= 4 is 5.91 Å². The molecule has 1 aromatic rings. The topological polar surface area (TPSA) is 49.3 Å². The first kappa shape index (κ1) is 13.6. The summed E-state index contributed by atoms with van der Waals surface area (Å²) in [6.45, 7) is 3.18. The van der Waals surface area contributed by atoms with E-state index in [-0.39, 0.29) is 12.2 Å². The Morgan fingerprint density at radius 1 is 1.47 bits per heavy atom. The lowest BCUT2D eigenvalue weighted by Crippen LogP contribution is -2.48. The summed E-state index contributed by atoms with van der Waals surface area (Å²) in [6.07, 6.45) is 0.498. The molecule has 5 heteroatoms. The van der Waals surface area contributed by atoms with Gasteiger partial charge in [-0.25, -0.2) is 8.78 Å². The van der Waals surface area contributed by atoms with Crippen molar-refractivity contribution in [1.82, 2.24) is 5.32 Å². The molecule has 0 radical (unpaired) electrons. The molecule has 0 aromatic heterocycles. The van der Waals surface area contributed by atoms with E-state index >= 15 is 0 Å². The van der Waals surface area contributed by atoms with Crippen LogP contribution in [-0.4, -0.2) is 23.2 Å². The van der Waals surface area contributed by atoms with Gasteiger partial charge in [0.2, 0.25) is 0 Å². The number of nitrogens with one attached hydrogen (secondary N) is 1. The van der Waals surface area contributed by atoms with E-state index in [4.69, 9.17) is 5.11 Å². The lowest BCUT2D eigenvalue weighted by atomic mass is 9.99. The number of hydrogen-bond donors (Lipinski definition) is 2. The van der Waals surface area contributed by atoms with Crippen LogP contribution in [0.1, 0.15) is 30.6 Å². The molecule has 0 spiro atoms. The number of aliphatic hydroxyl groups is 1. The summed E-state index contributed by atoms with van der Waals surface area (Å²) in [4.78, 5) is 11.7. The molecule has 0 bridgehead atoms. The number of carbonyl (C=O) groups is 1. The summed E-state index contributed by atoms with van der Waals surface area (Å²) in [5.74, 6) is -2.32. The quantitative estimate of drug-likeness (QED) is 0.848. The van der Waals surface area contributed by atoms with Crippen molar-refractivity contribution in [2.45, 2.75) is 25.8 Å². The molecule has 1 rings (SSSR count). The van der Waals surface area contributed by atoms with Gasteiger partial charge in [-0.2, -0.15) is 0 Å². The number of amides is 1. The van der Waals surface area contributed by atoms with Crippen LogP contribution in [0, 0.1) is 11.6 Å². The van der Waals surface area contributed by atoms with Gasteiger partial charge >= 0.3 is 0 Å². The van der Waals surface area contributed by atoms with Crippen LogP contribution in [0.25, 0.3) is 0 Å². The fourth-order valence-corrected chi connectivity index (χ4v) is 1.25. The predicted octanol–water partition coefficient (Wildman–Crippen LogP) is 1.86. The molecule has 0 fully saturated rings. The highest BCUT2D eigenvalue weighted by Crippen LogP contribution is 2.13. The molecule has 0 aliphatic rings. The zero-order chi connectivity index (χ0) is 13.1. The number of benzene rings is 1. The highest BCUT2D eigenvalue weighted by Gasteiger charge is 2.25. The first-order chi connectivity index (χ1) is 7.91. The smallest absolute Gasteiger partial charge is 0.254 e. The summed E-state index contributed by atoms with van der Waals surface area (Å²) >= 11 is 0. The van der Waals surface area contributed by atoms with Crippen LogP contribution < -0.4 is 5.32 Å². The van der Waals surface area contributed by atoms with E-state index in [1.807, 2.05) is 0 Å². The van der Waals surface area contributed by atoms with Gasteiger partial charge in [0.25, 0.3) is 5.91 Å². The van der Waals surface area contributed by atoms with Crippen molar-refractivity contribution in [3.8, 4) is 0 Å². The lowest BCUT2D eigenvalue weighted by molar-refractivity contribution is 0.0843. The van der Waals surface area contributed by atoms with E-state index in [2.05, 4.69) is 5.32 Å². The maximum Gasteiger partial charge on any atom is 0.254 e. The molecular weight excluding hydrogens is 228 g/mol. The van der Waals surface area contributed by atoms with Crippen molar-refractivity contribution in [2.24, 2.45) is 0 Å². The molecule has 94 valence electrons. The van der Waals surface area contributed by atoms with Crippen molar-refractivity contribution in [3.05, 3.63) is 35.4 Å². The highest BCUT2D eigenvalue weighted by molar-refractivity contribution is 5.94. The van der Waals surface area contributed by atoms with Crippen molar-refractivity contribution < 1.29 is 18.7 Å². The summed E-state index contributed by atoms with van der Waals surface area (Å²) in [5, 5.41) is 11.6. The summed E-state index contributed by atoms with van der Waals surface area (Å²) in [6, 6.07) is 2.74. The van der Waals surface area contributed by atoms with Crippen LogP contribution in [-0.2, 0) is 0 Å². The van der Waals surface area contributed by atoms with Crippen LogP contribution in [0.3, 0.4) is 0 Å². The Hall–Kier alpha value is -1.49. The van der Waals surface area contributed by atoms with Crippen LogP contribution in [0.4, 0.5) is 8.78 Å². The molecule has 0 aliphatic carbocycles. The van der Waals surface area contributed by atoms with E-state index in [0.717, 1.165) is 12.1 Å². The number of aliphatic hydroxyl groups excluding tert-OH is 1. The Bertz CT molecular complexity index is 417. The van der Waals surface area contributed by atoms with Crippen LogP contribution in [0.5, 0.6) is 0 Å². The van der Waals surface area contributed by atoms with Gasteiger partial charge in [-0.15, -0.1) is 0 Å². The van der Waals surface area contributed by atoms with Crippen molar-refractivity contribution in [1.29, 1.82) is 0 Å². The van der Waals surface area contributed by atoms with Gasteiger partial charge in [0.15, 0.2) is 0 Å². The SMILES string of the molecule is CCC(C)(CO)NC(=O)c1ccc(F)cc1F. The average Bonchev–Trinajstić information content (AvgIpc) is 2.28. The second kappa shape index (κ2) is 5.23. The Kier molecular flexibility index (Phi) is 4.17. The fourth-order valence-electron chi connectivity index (χ4n) is 1.25. The molecular formula is C12H15F2NO2. The molecule has 17 heavy (non-hydrogen) atoms. The molecule has 1 unspecified atom stereocenters. The second-order valence-electron chi connectivity index (χ2n) is 4.15. The Morgan fingerprint density at radius 3 is 2.59 bits per heavy atom. The third-order valence-electron chi connectivity index (χ3n) is 2.72. The molecule has 0 saturated heterocycles. The number of halogens is 2. The Balaban J connectivity index is 2.90. The zero-order valence-corrected chi connectivity index (χ0v) is 9.76. The molecule has 1 aromatic carbocycles. The van der Waals surface area contributed by atoms with E-state index in [1.54, 1.807) is 13.8 Å². The summed E-state index contributed by atoms with van der Waals surface area (Å²) < 4.78 is 26.0. The number of hydrogen-bond acceptors (Lipinski definition) is 2. The first-order valence-electron chi connectivity index (χ1n) is 5.30. The molecule has 1 atom stereocenters. The Morgan fingerprint density at radius 2 is 2.12 bits per heavy atom. The maximum atomic E-state index is 13.3. The van der Waals surface area contributed by atoms with Gasteiger partial charge in [0, 0.05) is 6.07 Å². The van der Waals surface area contributed by atoms with Gasteiger partial charge in [-0.3, -0.25) is 4.79 Å². The first-order valence-corrected chi connectivity index (χ1v) is 5.30. The second-order valence-corrected chi connectivity index (χ2v) is 4.15. The van der Waals surface area contributed by atoms with E-state index in [1.165, 1.54) is 0 Å². The highest BCUT2D eigenvalue weighted by atomic mass is 19.1. The monoisotopic (exact) mass is 243 g/mol. The van der Waals surface area contributed by atoms with E-state index in [0.29, 0.717) is 12.5 Å². The van der Waals surface area contributed by atoms with E-state index < -0.39 is 23.1 Å². The Labute approximate surface area is 98.5 Å². The van der Waals surface area contributed by atoms with Crippen LogP contribution >= 0.6 is 0 Å².